The molecular formula is C34H43N3O5. The summed E-state index contributed by atoms with van der Waals surface area (Å²) >= 11 is 0. The lowest BCUT2D eigenvalue weighted by Crippen LogP contribution is -2.55. The molecule has 42 heavy (non-hydrogen) atoms. The number of nitrogens with one attached hydrogen (secondary N) is 2. The molecule has 5 unspecified atom stereocenters. The first kappa shape index (κ1) is 30.9. The predicted octanol–water partition coefficient (Wildman–Crippen LogP) is 6.71. The number of rotatable bonds is 9. The topological polar surface area (TPSA) is 108 Å². The number of carbonyl (C=O) groups excluding carboxylic acids is 3. The molecule has 1 saturated carbocycles. The van der Waals surface area contributed by atoms with Gasteiger partial charge in [-0.1, -0.05) is 63.6 Å². The highest BCUT2D eigenvalue weighted by molar-refractivity contribution is 6.00. The van der Waals surface area contributed by atoms with Gasteiger partial charge in [0.1, 0.15) is 23.4 Å². The zero-order chi connectivity index (χ0) is 30.8. The maximum atomic E-state index is 14.5. The molecular weight excluding hydrogens is 530 g/mol. The first-order valence-corrected chi connectivity index (χ1v) is 14.7. The molecule has 3 N–H and O–H groups in total. The predicted molar refractivity (Wildman–Crippen MR) is 165 cm³/mol. The van der Waals surface area contributed by atoms with Crippen LogP contribution in [0.15, 0.2) is 60.7 Å². The van der Waals surface area contributed by atoms with Gasteiger partial charge in [-0.15, -0.1) is 0 Å². The van der Waals surface area contributed by atoms with E-state index in [1.807, 2.05) is 63.2 Å². The lowest BCUT2D eigenvalue weighted by molar-refractivity contribution is -0.142. The Bertz CT molecular complexity index is 1460. The van der Waals surface area contributed by atoms with E-state index in [1.165, 1.54) is 0 Å². The molecule has 0 saturated heterocycles. The van der Waals surface area contributed by atoms with Gasteiger partial charge >= 0.3 is 6.09 Å². The van der Waals surface area contributed by atoms with Crippen molar-refractivity contribution in [3.63, 3.8) is 0 Å². The number of fused-ring (bicyclic) bond motifs is 1. The van der Waals surface area contributed by atoms with E-state index in [1.54, 1.807) is 50.8 Å². The van der Waals surface area contributed by atoms with Gasteiger partial charge in [-0.05, 0) is 92.1 Å². The van der Waals surface area contributed by atoms with Crippen LogP contribution in [0.5, 0.6) is 5.75 Å². The Balaban J connectivity index is 1.75. The third kappa shape index (κ3) is 7.22. The second-order valence-corrected chi connectivity index (χ2v) is 12.5. The van der Waals surface area contributed by atoms with E-state index in [9.17, 15) is 19.5 Å². The van der Waals surface area contributed by atoms with E-state index < -0.39 is 23.8 Å². The molecule has 4 rings (SSSR count). The number of ether oxygens (including phenoxy) is 1. The molecule has 1 fully saturated rings. The summed E-state index contributed by atoms with van der Waals surface area (Å²) < 4.78 is 5.50. The average molecular weight is 574 g/mol. The van der Waals surface area contributed by atoms with Crippen molar-refractivity contribution in [2.45, 2.75) is 85.0 Å². The van der Waals surface area contributed by atoms with Crippen molar-refractivity contribution in [2.75, 3.05) is 5.32 Å². The minimum absolute atomic E-state index is 0.106. The molecule has 0 spiro atoms. The SMILES string of the molecule is CCC(C)C(NC(=O)OC(C)(C)C)C(=O)N(C(C(=O)Nc1ccc2ccccc2c1)c1ccc(O)c(C)c1)C1CC1C. The number of benzene rings is 3. The Morgan fingerprint density at radius 3 is 2.31 bits per heavy atom. The van der Waals surface area contributed by atoms with Gasteiger partial charge in [0.25, 0.3) is 5.91 Å². The maximum Gasteiger partial charge on any atom is 0.408 e. The number of anilines is 1. The first-order valence-electron chi connectivity index (χ1n) is 14.7. The Labute approximate surface area is 248 Å². The van der Waals surface area contributed by atoms with Gasteiger partial charge < -0.3 is 25.4 Å². The first-order chi connectivity index (χ1) is 19.8. The van der Waals surface area contributed by atoms with E-state index in [0.717, 1.165) is 17.2 Å². The Morgan fingerprint density at radius 1 is 1.05 bits per heavy atom. The smallest absolute Gasteiger partial charge is 0.408 e. The summed E-state index contributed by atoms with van der Waals surface area (Å²) in [7, 11) is 0. The number of hydrogen-bond acceptors (Lipinski definition) is 5. The van der Waals surface area contributed by atoms with Gasteiger partial charge in [-0.3, -0.25) is 9.59 Å². The number of aryl methyl sites for hydroxylation is 1. The summed E-state index contributed by atoms with van der Waals surface area (Å²) in [5, 5.41) is 18.1. The molecule has 224 valence electrons. The maximum absolute atomic E-state index is 14.5. The normalized spacial score (nSPS) is 18.5. The Kier molecular flexibility index (Phi) is 9.14. The van der Waals surface area contributed by atoms with Crippen LogP contribution in [0.3, 0.4) is 0 Å². The highest BCUT2D eigenvalue weighted by atomic mass is 16.6. The largest absolute Gasteiger partial charge is 0.508 e. The van der Waals surface area contributed by atoms with Gasteiger partial charge in [0.05, 0.1) is 0 Å². The van der Waals surface area contributed by atoms with Gasteiger partial charge in [0.15, 0.2) is 0 Å². The molecule has 0 aromatic heterocycles. The van der Waals surface area contributed by atoms with Crippen molar-refractivity contribution in [1.29, 1.82) is 0 Å². The number of carbonyl (C=O) groups is 3. The number of phenolic OH excluding ortho intramolecular Hbond substituents is 1. The molecule has 3 aromatic carbocycles. The number of phenols is 1. The van der Waals surface area contributed by atoms with Crippen molar-refractivity contribution in [1.82, 2.24) is 10.2 Å². The molecule has 0 radical (unpaired) electrons. The highest BCUT2D eigenvalue weighted by Gasteiger charge is 2.49. The molecule has 8 heteroatoms. The number of amides is 3. The van der Waals surface area contributed by atoms with E-state index >= 15 is 0 Å². The van der Waals surface area contributed by atoms with Gasteiger partial charge in [-0.25, -0.2) is 4.79 Å². The minimum Gasteiger partial charge on any atom is -0.508 e. The van der Waals surface area contributed by atoms with Crippen LogP contribution in [0.4, 0.5) is 10.5 Å². The fourth-order valence-electron chi connectivity index (χ4n) is 5.22. The second kappa shape index (κ2) is 12.4. The van der Waals surface area contributed by atoms with Crippen LogP contribution in [-0.4, -0.2) is 45.6 Å². The van der Waals surface area contributed by atoms with Crippen molar-refractivity contribution < 1.29 is 24.2 Å². The lowest BCUT2D eigenvalue weighted by Gasteiger charge is -2.36. The Hall–Kier alpha value is -4.07. The van der Waals surface area contributed by atoms with E-state index in [0.29, 0.717) is 23.2 Å². The number of aromatic hydroxyl groups is 1. The standard InChI is InChI=1S/C34H43N3O5/c1-8-20(2)29(36-33(41)42-34(5,6)7)32(40)37(27-18-21(27)3)30(25-14-16-28(38)22(4)17-25)31(39)35-26-15-13-23-11-9-10-12-24(23)19-26/h9-17,19-21,27,29-30,38H,8,18H2,1-7H3,(H,35,39)(H,36,41). The fourth-order valence-corrected chi connectivity index (χ4v) is 5.22. The fraction of sp³-hybridized carbons (Fsp3) is 0.441. The number of alkyl carbamates (subject to hydrolysis) is 1. The van der Waals surface area contributed by atoms with Crippen LogP contribution >= 0.6 is 0 Å². The summed E-state index contributed by atoms with van der Waals surface area (Å²) in [5.41, 5.74) is 1.05. The van der Waals surface area contributed by atoms with Crippen LogP contribution in [0, 0.1) is 18.8 Å². The van der Waals surface area contributed by atoms with E-state index in [4.69, 9.17) is 4.74 Å². The van der Waals surface area contributed by atoms with Crippen molar-refractivity contribution in [2.24, 2.45) is 11.8 Å². The van der Waals surface area contributed by atoms with Crippen LogP contribution in [0.25, 0.3) is 10.8 Å². The minimum atomic E-state index is -0.995. The molecule has 8 nitrogen and oxygen atoms in total. The molecule has 1 aliphatic rings. The molecule has 0 aliphatic heterocycles. The van der Waals surface area contributed by atoms with Crippen molar-refractivity contribution in [3.05, 3.63) is 71.8 Å². The van der Waals surface area contributed by atoms with Crippen LogP contribution in [0.1, 0.15) is 71.6 Å². The molecule has 3 aromatic rings. The van der Waals surface area contributed by atoms with Crippen LogP contribution in [0.2, 0.25) is 0 Å². The summed E-state index contributed by atoms with van der Waals surface area (Å²) in [6.45, 7) is 13.0. The third-order valence-electron chi connectivity index (χ3n) is 7.91. The molecule has 1 aliphatic carbocycles. The highest BCUT2D eigenvalue weighted by Crippen LogP contribution is 2.42. The lowest BCUT2D eigenvalue weighted by atomic mass is 9.95. The van der Waals surface area contributed by atoms with Gasteiger partial charge in [-0.2, -0.15) is 0 Å². The van der Waals surface area contributed by atoms with E-state index in [2.05, 4.69) is 10.6 Å². The summed E-state index contributed by atoms with van der Waals surface area (Å²) in [4.78, 5) is 43.2. The van der Waals surface area contributed by atoms with E-state index in [-0.39, 0.29) is 35.4 Å². The number of hydrogen-bond donors (Lipinski definition) is 3. The quantitative estimate of drug-likeness (QED) is 0.264. The summed E-state index contributed by atoms with van der Waals surface area (Å²) in [5.74, 6) is -0.638. The molecule has 0 bridgehead atoms. The summed E-state index contributed by atoms with van der Waals surface area (Å²) in [6, 6.07) is 16.5. The molecule has 3 amide bonds. The zero-order valence-electron chi connectivity index (χ0n) is 25.6. The van der Waals surface area contributed by atoms with Crippen molar-refractivity contribution >= 4 is 34.4 Å². The zero-order valence-corrected chi connectivity index (χ0v) is 25.6. The van der Waals surface area contributed by atoms with Gasteiger partial charge in [0, 0.05) is 11.7 Å². The molecule has 5 atom stereocenters. The van der Waals surface area contributed by atoms with Gasteiger partial charge in [0.2, 0.25) is 5.91 Å². The third-order valence-corrected chi connectivity index (χ3v) is 7.91. The van der Waals surface area contributed by atoms with Crippen LogP contribution < -0.4 is 10.6 Å². The average Bonchev–Trinajstić information content (AvgIpc) is 3.65. The second-order valence-electron chi connectivity index (χ2n) is 12.5. The Morgan fingerprint density at radius 2 is 1.71 bits per heavy atom. The summed E-state index contributed by atoms with van der Waals surface area (Å²) in [6.07, 6.45) is 0.692. The molecule has 0 heterocycles. The van der Waals surface area contributed by atoms with Crippen molar-refractivity contribution in [3.8, 4) is 5.75 Å². The number of nitrogens with zero attached hydrogens (tertiary/aromatic N) is 1. The monoisotopic (exact) mass is 573 g/mol. The van der Waals surface area contributed by atoms with Crippen LogP contribution in [-0.2, 0) is 14.3 Å².